The molecule has 2 amide bonds. The number of aryl methyl sites for hydroxylation is 1. The third-order valence-corrected chi connectivity index (χ3v) is 6.48. The minimum Gasteiger partial charge on any atom is -0.354 e. The number of nitrogens with one attached hydrogen (secondary N) is 1. The van der Waals surface area contributed by atoms with Gasteiger partial charge in [-0.3, -0.25) is 9.59 Å². The van der Waals surface area contributed by atoms with E-state index in [-0.39, 0.29) is 23.8 Å². The average molecular weight is 492 g/mol. The molecule has 1 N–H and O–H groups in total. The Bertz CT molecular complexity index is 916. The van der Waals surface area contributed by atoms with Gasteiger partial charge in [0.25, 0.3) is 0 Å². The highest BCUT2D eigenvalue weighted by Gasteiger charge is 2.29. The van der Waals surface area contributed by atoms with Crippen LogP contribution in [0.15, 0.2) is 42.5 Å². The molecule has 2 aromatic carbocycles. The summed E-state index contributed by atoms with van der Waals surface area (Å²) in [5.41, 5.74) is 3.09. The highest BCUT2D eigenvalue weighted by atomic mass is 35.5. The Balaban J connectivity index is 2.24. The maximum atomic E-state index is 13.4. The van der Waals surface area contributed by atoms with Gasteiger partial charge in [-0.05, 0) is 47.9 Å². The van der Waals surface area contributed by atoms with Crippen molar-refractivity contribution in [2.45, 2.75) is 78.3 Å². The van der Waals surface area contributed by atoms with Crippen molar-refractivity contribution in [1.82, 2.24) is 10.2 Å². The van der Waals surface area contributed by atoms with E-state index in [4.69, 9.17) is 23.2 Å². The van der Waals surface area contributed by atoms with Crippen LogP contribution in [0.2, 0.25) is 10.0 Å². The minimum absolute atomic E-state index is 0.0829. The van der Waals surface area contributed by atoms with Gasteiger partial charge in [0.2, 0.25) is 11.8 Å². The third-order valence-electron chi connectivity index (χ3n) is 5.77. The van der Waals surface area contributed by atoms with Crippen LogP contribution in [0.1, 0.15) is 70.6 Å². The number of benzene rings is 2. The van der Waals surface area contributed by atoms with Gasteiger partial charge >= 0.3 is 0 Å². The first-order chi connectivity index (χ1) is 15.6. The highest BCUT2D eigenvalue weighted by molar-refractivity contribution is 6.36. The molecule has 1 unspecified atom stereocenters. The maximum Gasteiger partial charge on any atom is 0.242 e. The van der Waals surface area contributed by atoms with Gasteiger partial charge in [0, 0.05) is 35.1 Å². The Hall–Kier alpha value is -2.04. The van der Waals surface area contributed by atoms with Crippen LogP contribution in [0.3, 0.4) is 0 Å². The molecule has 4 nitrogen and oxygen atoms in total. The van der Waals surface area contributed by atoms with Crippen LogP contribution in [0.25, 0.3) is 0 Å². The molecular weight excluding hydrogens is 455 g/mol. The van der Waals surface area contributed by atoms with Gasteiger partial charge in [-0.2, -0.15) is 0 Å². The van der Waals surface area contributed by atoms with Crippen LogP contribution < -0.4 is 5.32 Å². The molecule has 0 aromatic heterocycles. The zero-order valence-electron chi connectivity index (χ0n) is 20.4. The molecule has 0 spiro atoms. The van der Waals surface area contributed by atoms with Gasteiger partial charge in [-0.15, -0.1) is 0 Å². The molecule has 33 heavy (non-hydrogen) atoms. The second kappa shape index (κ2) is 12.4. The van der Waals surface area contributed by atoms with Crippen LogP contribution >= 0.6 is 23.2 Å². The van der Waals surface area contributed by atoms with Crippen LogP contribution in [0.5, 0.6) is 0 Å². The lowest BCUT2D eigenvalue weighted by Gasteiger charge is -2.31. The van der Waals surface area contributed by atoms with E-state index in [2.05, 4.69) is 50.4 Å². The Morgan fingerprint density at radius 2 is 1.61 bits per heavy atom. The number of halogens is 2. The fraction of sp³-hybridized carbons (Fsp3) is 0.481. The summed E-state index contributed by atoms with van der Waals surface area (Å²) in [5, 5.41) is 3.90. The van der Waals surface area contributed by atoms with Gasteiger partial charge in [-0.1, -0.05) is 88.2 Å². The van der Waals surface area contributed by atoms with Crippen molar-refractivity contribution < 1.29 is 9.59 Å². The van der Waals surface area contributed by atoms with Crippen molar-refractivity contribution in [3.05, 3.63) is 69.2 Å². The summed E-state index contributed by atoms with van der Waals surface area (Å²) >= 11 is 12.8. The molecule has 1 atom stereocenters. The van der Waals surface area contributed by atoms with E-state index >= 15 is 0 Å². The summed E-state index contributed by atoms with van der Waals surface area (Å²) in [6, 6.07) is 13.1. The molecule has 0 saturated carbocycles. The molecule has 2 rings (SSSR count). The van der Waals surface area contributed by atoms with E-state index in [9.17, 15) is 9.59 Å². The van der Waals surface area contributed by atoms with E-state index in [0.717, 1.165) is 12.0 Å². The first-order valence-corrected chi connectivity index (χ1v) is 12.4. The third kappa shape index (κ3) is 7.75. The molecule has 0 radical (unpaired) electrons. The monoisotopic (exact) mass is 490 g/mol. The zero-order valence-corrected chi connectivity index (χ0v) is 21.9. The van der Waals surface area contributed by atoms with Crippen molar-refractivity contribution in [3.8, 4) is 0 Å². The molecule has 0 aliphatic heterocycles. The maximum absolute atomic E-state index is 13.4. The van der Waals surface area contributed by atoms with E-state index < -0.39 is 6.04 Å². The summed E-state index contributed by atoms with van der Waals surface area (Å²) in [7, 11) is 0. The van der Waals surface area contributed by atoms with Gasteiger partial charge in [-0.25, -0.2) is 0 Å². The standard InChI is InChI=1S/C27H36Cl2N2O2/c1-6-17-30-26(33)24(7-2)31(18-21-22(28)9-8-10-23(21)29)25(32)16-13-19-11-14-20(15-12-19)27(3,4)5/h8-12,14-15,24H,6-7,13,16-18H2,1-5H3,(H,30,33). The minimum atomic E-state index is -0.584. The van der Waals surface area contributed by atoms with Crippen LogP contribution in [-0.4, -0.2) is 29.3 Å². The fourth-order valence-electron chi connectivity index (χ4n) is 3.71. The second-order valence-corrected chi connectivity index (χ2v) is 10.2. The van der Waals surface area contributed by atoms with Gasteiger partial charge in [0.15, 0.2) is 0 Å². The molecule has 0 aliphatic rings. The average Bonchev–Trinajstić information content (AvgIpc) is 2.77. The SMILES string of the molecule is CCCNC(=O)C(CC)N(Cc1c(Cl)cccc1Cl)C(=O)CCc1ccc(C(C)(C)C)cc1. The number of carbonyl (C=O) groups is 2. The lowest BCUT2D eigenvalue weighted by atomic mass is 9.86. The van der Waals surface area contributed by atoms with Gasteiger partial charge in [0.1, 0.15) is 6.04 Å². The lowest BCUT2D eigenvalue weighted by Crippen LogP contribution is -2.49. The smallest absolute Gasteiger partial charge is 0.242 e. The molecule has 0 bridgehead atoms. The molecular formula is C27H36Cl2N2O2. The second-order valence-electron chi connectivity index (χ2n) is 9.38. The van der Waals surface area contributed by atoms with Crippen LogP contribution in [0, 0.1) is 0 Å². The molecule has 2 aromatic rings. The Kier molecular flexibility index (Phi) is 10.2. The molecule has 0 saturated heterocycles. The van der Waals surface area contributed by atoms with Crippen molar-refractivity contribution in [2.75, 3.05) is 6.54 Å². The summed E-state index contributed by atoms with van der Waals surface area (Å²) in [5.74, 6) is -0.241. The Morgan fingerprint density at radius 1 is 1.00 bits per heavy atom. The summed E-state index contributed by atoms with van der Waals surface area (Å²) < 4.78 is 0. The van der Waals surface area contributed by atoms with E-state index in [1.54, 1.807) is 23.1 Å². The van der Waals surface area contributed by atoms with E-state index in [1.807, 2.05) is 13.8 Å². The van der Waals surface area contributed by atoms with Gasteiger partial charge in [0.05, 0.1) is 0 Å². The number of hydrogen-bond donors (Lipinski definition) is 1. The quantitative estimate of drug-likeness (QED) is 0.409. The molecule has 0 heterocycles. The van der Waals surface area contributed by atoms with Gasteiger partial charge < -0.3 is 10.2 Å². The lowest BCUT2D eigenvalue weighted by molar-refractivity contribution is -0.141. The summed E-state index contributed by atoms with van der Waals surface area (Å²) in [6.45, 7) is 11.2. The van der Waals surface area contributed by atoms with Crippen molar-refractivity contribution in [2.24, 2.45) is 0 Å². The fourth-order valence-corrected chi connectivity index (χ4v) is 4.22. The molecule has 0 aliphatic carbocycles. The number of amides is 2. The zero-order chi connectivity index (χ0) is 24.6. The predicted octanol–water partition coefficient (Wildman–Crippen LogP) is 6.56. The number of nitrogens with zero attached hydrogens (tertiary/aromatic N) is 1. The highest BCUT2D eigenvalue weighted by Crippen LogP contribution is 2.28. The van der Waals surface area contributed by atoms with Crippen LogP contribution in [-0.2, 0) is 28.0 Å². The van der Waals surface area contributed by atoms with E-state index in [0.29, 0.717) is 41.4 Å². The Labute approximate surface area is 208 Å². The van der Waals surface area contributed by atoms with Crippen molar-refractivity contribution in [3.63, 3.8) is 0 Å². The number of carbonyl (C=O) groups excluding carboxylic acids is 2. The van der Waals surface area contributed by atoms with E-state index in [1.165, 1.54) is 5.56 Å². The first-order valence-electron chi connectivity index (χ1n) is 11.7. The topological polar surface area (TPSA) is 49.4 Å². The molecule has 180 valence electrons. The largest absolute Gasteiger partial charge is 0.354 e. The predicted molar refractivity (Wildman–Crippen MR) is 138 cm³/mol. The van der Waals surface area contributed by atoms with Crippen molar-refractivity contribution in [1.29, 1.82) is 0 Å². The normalized spacial score (nSPS) is 12.3. The number of rotatable bonds is 10. The number of hydrogen-bond acceptors (Lipinski definition) is 2. The first kappa shape index (κ1) is 27.2. The Morgan fingerprint density at radius 3 is 2.12 bits per heavy atom. The molecule has 0 fully saturated rings. The summed E-state index contributed by atoms with van der Waals surface area (Å²) in [4.78, 5) is 27.9. The van der Waals surface area contributed by atoms with Crippen molar-refractivity contribution >= 4 is 35.0 Å². The molecule has 6 heteroatoms. The summed E-state index contributed by atoms with van der Waals surface area (Å²) in [6.07, 6.45) is 2.23. The van der Waals surface area contributed by atoms with Crippen LogP contribution in [0.4, 0.5) is 0 Å².